The monoisotopic (exact) mass is 378 g/mol. The van der Waals surface area contributed by atoms with Crippen molar-refractivity contribution in [3.05, 3.63) is 94.3 Å². The standard InChI is InChI=1S/C23H19FO4/c1-15-19(12-9-16-7-10-18(24)11-8-16)22(23(26)27)20(25)13-21(15)28-14-17-5-3-2-4-6-17/h2-13,25H,14H2,1H3,(H,26,27). The highest BCUT2D eigenvalue weighted by molar-refractivity contribution is 5.97. The second-order valence-electron chi connectivity index (χ2n) is 6.27. The first-order valence-electron chi connectivity index (χ1n) is 8.66. The van der Waals surface area contributed by atoms with Crippen molar-refractivity contribution in [3.8, 4) is 11.5 Å². The first-order chi connectivity index (χ1) is 13.5. The van der Waals surface area contributed by atoms with Crippen molar-refractivity contribution in [2.45, 2.75) is 13.5 Å². The highest BCUT2D eigenvalue weighted by atomic mass is 19.1. The highest BCUT2D eigenvalue weighted by Gasteiger charge is 2.20. The van der Waals surface area contributed by atoms with Gasteiger partial charge in [0.25, 0.3) is 0 Å². The van der Waals surface area contributed by atoms with Crippen LogP contribution in [0.25, 0.3) is 12.2 Å². The van der Waals surface area contributed by atoms with Crippen molar-refractivity contribution < 1.29 is 24.1 Å². The molecule has 0 fully saturated rings. The Morgan fingerprint density at radius 1 is 1.07 bits per heavy atom. The molecule has 0 saturated heterocycles. The van der Waals surface area contributed by atoms with E-state index in [2.05, 4.69) is 0 Å². The normalized spacial score (nSPS) is 10.9. The van der Waals surface area contributed by atoms with E-state index in [0.29, 0.717) is 22.4 Å². The van der Waals surface area contributed by atoms with Gasteiger partial charge < -0.3 is 14.9 Å². The molecule has 142 valence electrons. The molecule has 0 aliphatic rings. The Hall–Kier alpha value is -3.60. The van der Waals surface area contributed by atoms with E-state index in [1.807, 2.05) is 30.3 Å². The number of phenols is 1. The third-order valence-electron chi connectivity index (χ3n) is 4.33. The zero-order valence-electron chi connectivity index (χ0n) is 15.2. The summed E-state index contributed by atoms with van der Waals surface area (Å²) in [5.41, 5.74) is 2.37. The van der Waals surface area contributed by atoms with Crippen molar-refractivity contribution >= 4 is 18.1 Å². The second-order valence-corrected chi connectivity index (χ2v) is 6.27. The topological polar surface area (TPSA) is 66.8 Å². The molecule has 0 aliphatic heterocycles. The Kier molecular flexibility index (Phi) is 5.75. The molecule has 0 bridgehead atoms. The summed E-state index contributed by atoms with van der Waals surface area (Å²) in [6, 6.07) is 16.6. The van der Waals surface area contributed by atoms with Gasteiger partial charge in [-0.2, -0.15) is 0 Å². The fourth-order valence-corrected chi connectivity index (χ4v) is 2.83. The molecule has 0 heterocycles. The van der Waals surface area contributed by atoms with Gasteiger partial charge in [0.15, 0.2) is 0 Å². The summed E-state index contributed by atoms with van der Waals surface area (Å²) in [6.45, 7) is 2.02. The molecule has 28 heavy (non-hydrogen) atoms. The van der Waals surface area contributed by atoms with Crippen LogP contribution in [0.1, 0.15) is 32.6 Å². The molecule has 0 amide bonds. The van der Waals surface area contributed by atoms with Gasteiger partial charge in [0.2, 0.25) is 0 Å². The first kappa shape index (κ1) is 19.2. The van der Waals surface area contributed by atoms with Gasteiger partial charge in [-0.25, -0.2) is 9.18 Å². The maximum absolute atomic E-state index is 13.1. The molecule has 0 unspecified atom stereocenters. The summed E-state index contributed by atoms with van der Waals surface area (Å²) in [4.78, 5) is 11.7. The predicted octanol–water partition coefficient (Wildman–Crippen LogP) is 5.29. The summed E-state index contributed by atoms with van der Waals surface area (Å²) in [5.74, 6) is -1.58. The first-order valence-corrected chi connectivity index (χ1v) is 8.66. The van der Waals surface area contributed by atoms with Gasteiger partial charge in [0.1, 0.15) is 29.5 Å². The predicted molar refractivity (Wildman–Crippen MR) is 106 cm³/mol. The molecule has 3 aromatic rings. The van der Waals surface area contributed by atoms with E-state index in [1.165, 1.54) is 18.2 Å². The molecular formula is C23H19FO4. The number of hydrogen-bond donors (Lipinski definition) is 2. The van der Waals surface area contributed by atoms with Crippen LogP contribution < -0.4 is 4.74 Å². The molecule has 4 nitrogen and oxygen atoms in total. The zero-order chi connectivity index (χ0) is 20.1. The van der Waals surface area contributed by atoms with E-state index in [-0.39, 0.29) is 23.7 Å². The van der Waals surface area contributed by atoms with Crippen LogP contribution in [0.4, 0.5) is 4.39 Å². The van der Waals surface area contributed by atoms with Gasteiger partial charge >= 0.3 is 5.97 Å². The zero-order valence-corrected chi connectivity index (χ0v) is 15.2. The number of hydrogen-bond acceptors (Lipinski definition) is 3. The smallest absolute Gasteiger partial charge is 0.340 e. The van der Waals surface area contributed by atoms with Gasteiger partial charge in [-0.15, -0.1) is 0 Å². The van der Waals surface area contributed by atoms with Crippen molar-refractivity contribution in [2.75, 3.05) is 0 Å². The second kappa shape index (κ2) is 8.39. The molecular weight excluding hydrogens is 359 g/mol. The van der Waals surface area contributed by atoms with Gasteiger partial charge in [-0.1, -0.05) is 54.6 Å². The molecule has 3 aromatic carbocycles. The molecule has 0 aliphatic carbocycles. The molecule has 0 aromatic heterocycles. The number of carbonyl (C=O) groups is 1. The molecule has 0 spiro atoms. The number of carboxylic acids is 1. The number of aromatic hydroxyl groups is 1. The van der Waals surface area contributed by atoms with Gasteiger partial charge in [-0.05, 0) is 41.3 Å². The van der Waals surface area contributed by atoms with E-state index in [9.17, 15) is 19.4 Å². The minimum absolute atomic E-state index is 0.206. The lowest BCUT2D eigenvalue weighted by Gasteiger charge is -2.15. The van der Waals surface area contributed by atoms with Crippen molar-refractivity contribution in [3.63, 3.8) is 0 Å². The van der Waals surface area contributed by atoms with Crippen LogP contribution in [-0.2, 0) is 6.61 Å². The fraction of sp³-hybridized carbons (Fsp3) is 0.0870. The third-order valence-corrected chi connectivity index (χ3v) is 4.33. The van der Waals surface area contributed by atoms with Crippen LogP contribution >= 0.6 is 0 Å². The Morgan fingerprint density at radius 2 is 1.75 bits per heavy atom. The van der Waals surface area contributed by atoms with Crippen molar-refractivity contribution in [1.29, 1.82) is 0 Å². The summed E-state index contributed by atoms with van der Waals surface area (Å²) in [5, 5.41) is 19.8. The van der Waals surface area contributed by atoms with E-state index < -0.39 is 5.97 Å². The molecule has 2 N–H and O–H groups in total. The number of carboxylic acid groups (broad SMARTS) is 1. The average Bonchev–Trinajstić information content (AvgIpc) is 2.68. The number of benzene rings is 3. The summed E-state index contributed by atoms with van der Waals surface area (Å²) < 4.78 is 18.9. The number of ether oxygens (including phenoxy) is 1. The SMILES string of the molecule is Cc1c(OCc2ccccc2)cc(O)c(C(=O)O)c1C=Cc1ccc(F)cc1. The fourth-order valence-electron chi connectivity index (χ4n) is 2.83. The van der Waals surface area contributed by atoms with Gasteiger partial charge in [0.05, 0.1) is 0 Å². The van der Waals surface area contributed by atoms with Crippen LogP contribution in [-0.4, -0.2) is 16.2 Å². The van der Waals surface area contributed by atoms with Crippen LogP contribution in [0.2, 0.25) is 0 Å². The number of rotatable bonds is 6. The maximum Gasteiger partial charge on any atom is 0.340 e. The maximum atomic E-state index is 13.1. The number of halogens is 1. The van der Waals surface area contributed by atoms with Crippen LogP contribution in [0.3, 0.4) is 0 Å². The van der Waals surface area contributed by atoms with Crippen LogP contribution in [0.5, 0.6) is 11.5 Å². The largest absolute Gasteiger partial charge is 0.507 e. The van der Waals surface area contributed by atoms with Gasteiger partial charge in [-0.3, -0.25) is 0 Å². The lowest BCUT2D eigenvalue weighted by Crippen LogP contribution is -2.05. The quantitative estimate of drug-likeness (QED) is 0.572. The Bertz CT molecular complexity index is 1010. The Balaban J connectivity index is 1.97. The van der Waals surface area contributed by atoms with E-state index in [4.69, 9.17) is 4.74 Å². The van der Waals surface area contributed by atoms with Crippen LogP contribution in [0, 0.1) is 12.7 Å². The van der Waals surface area contributed by atoms with E-state index in [0.717, 1.165) is 5.56 Å². The minimum atomic E-state index is -1.24. The molecule has 0 saturated carbocycles. The molecule has 0 atom stereocenters. The van der Waals surface area contributed by atoms with Crippen molar-refractivity contribution in [1.82, 2.24) is 0 Å². The minimum Gasteiger partial charge on any atom is -0.507 e. The Morgan fingerprint density at radius 3 is 2.39 bits per heavy atom. The molecule has 5 heteroatoms. The van der Waals surface area contributed by atoms with E-state index >= 15 is 0 Å². The summed E-state index contributed by atoms with van der Waals surface area (Å²) >= 11 is 0. The van der Waals surface area contributed by atoms with Crippen LogP contribution in [0.15, 0.2) is 60.7 Å². The number of aromatic carboxylic acids is 1. The lowest BCUT2D eigenvalue weighted by molar-refractivity contribution is 0.0693. The molecule has 3 rings (SSSR count). The third kappa shape index (κ3) is 4.38. The van der Waals surface area contributed by atoms with Crippen molar-refractivity contribution in [2.24, 2.45) is 0 Å². The van der Waals surface area contributed by atoms with E-state index in [1.54, 1.807) is 31.2 Å². The summed E-state index contributed by atoms with van der Waals surface area (Å²) in [6.07, 6.45) is 3.25. The lowest BCUT2D eigenvalue weighted by atomic mass is 9.98. The summed E-state index contributed by atoms with van der Waals surface area (Å²) in [7, 11) is 0. The Labute approximate surface area is 162 Å². The molecule has 0 radical (unpaired) electrons. The highest BCUT2D eigenvalue weighted by Crippen LogP contribution is 2.34. The average molecular weight is 378 g/mol. The van der Waals surface area contributed by atoms with Gasteiger partial charge in [0, 0.05) is 6.07 Å².